The smallest absolute Gasteiger partial charge is 1.00 e. The minimum atomic E-state index is -3.94. The van der Waals surface area contributed by atoms with Crippen LogP contribution in [0.3, 0.4) is 0 Å². The van der Waals surface area contributed by atoms with Gasteiger partial charge in [-0.2, -0.15) is 8.42 Å². The molecule has 0 saturated carbocycles. The van der Waals surface area contributed by atoms with Gasteiger partial charge < -0.3 is 7.96 Å². The molecule has 0 aromatic rings. The Bertz CT molecular complexity index is 357. The van der Waals surface area contributed by atoms with E-state index in [2.05, 4.69) is 6.92 Å². The molecule has 0 saturated heterocycles. The molecular weight excluding hydrogens is 337 g/mol. The van der Waals surface area contributed by atoms with E-state index in [1.807, 2.05) is 0 Å². The van der Waals surface area contributed by atoms with Crippen LogP contribution in [0.15, 0.2) is 0 Å². The summed E-state index contributed by atoms with van der Waals surface area (Å²) in [6, 6.07) is 0. The third-order valence-corrected chi connectivity index (χ3v) is 5.10. The van der Waals surface area contributed by atoms with Crippen molar-refractivity contribution in [2.45, 2.75) is 109 Å². The van der Waals surface area contributed by atoms with E-state index in [4.69, 9.17) is 4.55 Å². The van der Waals surface area contributed by atoms with Crippen molar-refractivity contribution in [1.29, 1.82) is 0 Å². The van der Waals surface area contributed by atoms with Gasteiger partial charge in [-0.05, 0) is 12.8 Å². The summed E-state index contributed by atoms with van der Waals surface area (Å²) in [7, 11) is -3.94. The molecule has 0 aromatic carbocycles. The van der Waals surface area contributed by atoms with Gasteiger partial charge in [0.25, 0.3) is 10.1 Å². The van der Waals surface area contributed by atoms with Crippen molar-refractivity contribution in [3.8, 4) is 0 Å². The van der Waals surface area contributed by atoms with Crippen LogP contribution in [0.4, 0.5) is 0 Å². The monoisotopic (exact) mass is 376 g/mol. The molecular formula is C18H40MgO4S. The molecule has 0 aromatic heterocycles. The fourth-order valence-corrected chi connectivity index (χ4v) is 3.40. The summed E-state index contributed by atoms with van der Waals surface area (Å²) < 4.78 is 29.7. The predicted molar refractivity (Wildman–Crippen MR) is 105 cm³/mol. The molecule has 0 radical (unpaired) electrons. The Morgan fingerprint density at radius 2 is 1.12 bits per heavy atom. The number of unbranched alkanes of at least 4 members (excludes halogenated alkanes) is 12. The average Bonchev–Trinajstić information content (AvgIpc) is 2.49. The third kappa shape index (κ3) is 22.6. The fourth-order valence-electron chi connectivity index (χ4n) is 2.83. The van der Waals surface area contributed by atoms with E-state index in [9.17, 15) is 13.5 Å². The first-order valence-corrected chi connectivity index (χ1v) is 11.2. The molecule has 0 heterocycles. The Balaban J connectivity index is -0.000000807. The van der Waals surface area contributed by atoms with Gasteiger partial charge in [0.2, 0.25) is 0 Å². The largest absolute Gasteiger partial charge is 2.00 e. The van der Waals surface area contributed by atoms with Crippen molar-refractivity contribution in [1.82, 2.24) is 0 Å². The van der Waals surface area contributed by atoms with E-state index < -0.39 is 16.2 Å². The Morgan fingerprint density at radius 3 is 1.50 bits per heavy atom. The summed E-state index contributed by atoms with van der Waals surface area (Å²) in [6.45, 7) is 2.25. The standard InChI is InChI=1S/C18H38O4S.Mg.2H/c1-2-3-4-5-6-7-8-9-10-11-12-13-14-15-18(19)16-17-23(20,21)22;;;/h18-19H,2-17H2,1H3,(H,20,21,22);;;/q;+2;2*-1. The molecule has 0 aliphatic rings. The second-order valence-electron chi connectivity index (χ2n) is 6.76. The zero-order valence-corrected chi connectivity index (χ0v) is 17.9. The normalized spacial score (nSPS) is 12.8. The molecule has 0 aliphatic carbocycles. The Labute approximate surface area is 169 Å². The van der Waals surface area contributed by atoms with Crippen LogP contribution in [-0.4, -0.2) is 53.0 Å². The summed E-state index contributed by atoms with van der Waals surface area (Å²) in [6.07, 6.45) is 16.9. The maximum absolute atomic E-state index is 10.6. The van der Waals surface area contributed by atoms with E-state index in [0.29, 0.717) is 6.42 Å². The van der Waals surface area contributed by atoms with Gasteiger partial charge in [0.05, 0.1) is 11.9 Å². The van der Waals surface area contributed by atoms with Gasteiger partial charge in [-0.25, -0.2) is 0 Å². The second-order valence-corrected chi connectivity index (χ2v) is 8.33. The van der Waals surface area contributed by atoms with Gasteiger partial charge in [-0.1, -0.05) is 90.4 Å². The quantitative estimate of drug-likeness (QED) is 0.214. The summed E-state index contributed by atoms with van der Waals surface area (Å²) in [5.74, 6) is -0.341. The Hall–Kier alpha value is 0.636. The average molecular weight is 377 g/mol. The molecule has 0 spiro atoms. The maximum Gasteiger partial charge on any atom is 2.00 e. The molecule has 0 aliphatic heterocycles. The van der Waals surface area contributed by atoms with Crippen molar-refractivity contribution < 1.29 is 20.9 Å². The molecule has 144 valence electrons. The molecule has 0 bridgehead atoms. The van der Waals surface area contributed by atoms with Gasteiger partial charge in [0.1, 0.15) is 0 Å². The number of rotatable bonds is 17. The van der Waals surface area contributed by atoms with Crippen LogP contribution < -0.4 is 0 Å². The van der Waals surface area contributed by atoms with Crippen molar-refractivity contribution in [2.75, 3.05) is 5.75 Å². The molecule has 1 unspecified atom stereocenters. The number of aliphatic hydroxyl groups is 1. The van der Waals surface area contributed by atoms with Crippen LogP contribution in [-0.2, 0) is 10.1 Å². The molecule has 0 fully saturated rings. The SMILES string of the molecule is CCCCCCCCCCCCCCCC(O)CCS(=O)(=O)O.[H-].[H-].[Mg+2]. The number of hydrogen-bond acceptors (Lipinski definition) is 3. The second kappa shape index (κ2) is 18.4. The van der Waals surface area contributed by atoms with Gasteiger partial charge in [0, 0.05) is 0 Å². The van der Waals surface area contributed by atoms with Crippen LogP contribution in [0.1, 0.15) is 106 Å². The summed E-state index contributed by atoms with van der Waals surface area (Å²) in [5.41, 5.74) is 0. The summed E-state index contributed by atoms with van der Waals surface area (Å²) in [4.78, 5) is 0. The van der Waals surface area contributed by atoms with Gasteiger partial charge in [-0.3, -0.25) is 4.55 Å². The van der Waals surface area contributed by atoms with Crippen LogP contribution in [0.5, 0.6) is 0 Å². The maximum atomic E-state index is 10.6. The molecule has 1 atom stereocenters. The number of hydrogen-bond donors (Lipinski definition) is 2. The minimum absolute atomic E-state index is 0. The Kier molecular flexibility index (Phi) is 20.6. The van der Waals surface area contributed by atoms with E-state index in [1.165, 1.54) is 70.6 Å². The van der Waals surface area contributed by atoms with E-state index >= 15 is 0 Å². The van der Waals surface area contributed by atoms with Crippen LogP contribution >= 0.6 is 0 Å². The van der Waals surface area contributed by atoms with E-state index in [0.717, 1.165) is 12.8 Å². The molecule has 6 heteroatoms. The van der Waals surface area contributed by atoms with Crippen molar-refractivity contribution in [2.24, 2.45) is 0 Å². The summed E-state index contributed by atoms with van der Waals surface area (Å²) >= 11 is 0. The molecule has 0 rings (SSSR count). The van der Waals surface area contributed by atoms with Crippen LogP contribution in [0.2, 0.25) is 0 Å². The van der Waals surface area contributed by atoms with Gasteiger partial charge >= 0.3 is 23.1 Å². The van der Waals surface area contributed by atoms with Crippen molar-refractivity contribution in [3.05, 3.63) is 0 Å². The van der Waals surface area contributed by atoms with Crippen molar-refractivity contribution >= 4 is 33.2 Å². The zero-order valence-electron chi connectivity index (χ0n) is 17.7. The molecule has 2 N–H and O–H groups in total. The van der Waals surface area contributed by atoms with Crippen LogP contribution in [0, 0.1) is 0 Å². The van der Waals surface area contributed by atoms with Crippen molar-refractivity contribution in [3.63, 3.8) is 0 Å². The first-order valence-electron chi connectivity index (χ1n) is 9.59. The van der Waals surface area contributed by atoms with E-state index in [-0.39, 0.29) is 38.1 Å². The van der Waals surface area contributed by atoms with Crippen LogP contribution in [0.25, 0.3) is 0 Å². The fraction of sp³-hybridized carbons (Fsp3) is 1.00. The summed E-state index contributed by atoms with van der Waals surface area (Å²) in [5, 5.41) is 9.61. The molecule has 24 heavy (non-hydrogen) atoms. The van der Waals surface area contributed by atoms with Gasteiger partial charge in [0.15, 0.2) is 0 Å². The first-order chi connectivity index (χ1) is 11.0. The predicted octanol–water partition coefficient (Wildman–Crippen LogP) is 4.95. The van der Waals surface area contributed by atoms with E-state index in [1.54, 1.807) is 0 Å². The molecule has 4 nitrogen and oxygen atoms in total. The third-order valence-electron chi connectivity index (χ3n) is 4.35. The minimum Gasteiger partial charge on any atom is -1.00 e. The first kappa shape index (κ1) is 26.9. The zero-order chi connectivity index (χ0) is 17.4. The Morgan fingerprint density at radius 1 is 0.750 bits per heavy atom. The molecule has 0 amide bonds. The topological polar surface area (TPSA) is 74.6 Å². The van der Waals surface area contributed by atoms with Gasteiger partial charge in [-0.15, -0.1) is 0 Å². The number of aliphatic hydroxyl groups excluding tert-OH is 1.